The first-order chi connectivity index (χ1) is 13.4. The zero-order valence-corrected chi connectivity index (χ0v) is 17.1. The number of aryl methyl sites for hydroxylation is 1. The number of halogens is 1. The quantitative estimate of drug-likeness (QED) is 0.628. The molecule has 1 aromatic carbocycles. The Kier molecular flexibility index (Phi) is 5.03. The minimum Gasteiger partial charge on any atom is -0.458 e. The number of aromatic nitrogens is 2. The normalized spacial score (nSPS) is 18.5. The van der Waals surface area contributed by atoms with Crippen molar-refractivity contribution in [2.45, 2.75) is 37.5 Å². The molecule has 0 saturated carbocycles. The van der Waals surface area contributed by atoms with Gasteiger partial charge in [-0.05, 0) is 56.5 Å². The Hall–Kier alpha value is -2.16. The van der Waals surface area contributed by atoms with Crippen molar-refractivity contribution in [2.75, 3.05) is 13.1 Å². The van der Waals surface area contributed by atoms with E-state index in [1.807, 2.05) is 13.0 Å². The van der Waals surface area contributed by atoms with Crippen LogP contribution in [0.5, 0.6) is 0 Å². The minimum atomic E-state index is -3.66. The molecule has 148 valence electrons. The molecule has 1 saturated heterocycles. The molecule has 9 heteroatoms. The van der Waals surface area contributed by atoms with Crippen LogP contribution in [0.2, 0.25) is 5.02 Å². The lowest BCUT2D eigenvalue weighted by Crippen LogP contribution is -2.39. The summed E-state index contributed by atoms with van der Waals surface area (Å²) in [4.78, 5) is 4.66. The van der Waals surface area contributed by atoms with Crippen molar-refractivity contribution in [3.63, 3.8) is 0 Å². The van der Waals surface area contributed by atoms with Crippen LogP contribution < -0.4 is 0 Å². The molecular formula is C19H20ClN3O4S. The molecule has 28 heavy (non-hydrogen) atoms. The van der Waals surface area contributed by atoms with Gasteiger partial charge in [-0.3, -0.25) is 0 Å². The van der Waals surface area contributed by atoms with Gasteiger partial charge in [0.2, 0.25) is 21.7 Å². The molecule has 1 fully saturated rings. The summed E-state index contributed by atoms with van der Waals surface area (Å²) >= 11 is 6.12. The van der Waals surface area contributed by atoms with E-state index < -0.39 is 10.0 Å². The molecule has 0 spiro atoms. The second-order valence-corrected chi connectivity index (χ2v) is 9.25. The van der Waals surface area contributed by atoms with Crippen LogP contribution >= 0.6 is 11.6 Å². The summed E-state index contributed by atoms with van der Waals surface area (Å²) < 4.78 is 38.7. The van der Waals surface area contributed by atoms with E-state index in [0.717, 1.165) is 12.2 Å². The highest BCUT2D eigenvalue weighted by molar-refractivity contribution is 7.89. The lowest BCUT2D eigenvalue weighted by Gasteiger charge is -2.30. The summed E-state index contributed by atoms with van der Waals surface area (Å²) in [7, 11) is -3.66. The van der Waals surface area contributed by atoms with E-state index in [1.165, 1.54) is 4.31 Å². The maximum Gasteiger partial charge on any atom is 0.243 e. The third-order valence-corrected chi connectivity index (χ3v) is 7.39. The van der Waals surface area contributed by atoms with Gasteiger partial charge in [0.05, 0.1) is 10.8 Å². The highest BCUT2D eigenvalue weighted by atomic mass is 35.5. The zero-order chi connectivity index (χ0) is 19.9. The molecule has 0 N–H and O–H groups in total. The smallest absolute Gasteiger partial charge is 0.243 e. The van der Waals surface area contributed by atoms with Gasteiger partial charge in [-0.1, -0.05) is 22.8 Å². The highest BCUT2D eigenvalue weighted by Crippen LogP contribution is 2.32. The lowest BCUT2D eigenvalue weighted by atomic mass is 10.00. The van der Waals surface area contributed by atoms with Crippen LogP contribution in [-0.4, -0.2) is 36.0 Å². The summed E-state index contributed by atoms with van der Waals surface area (Å²) in [6.45, 7) is 4.29. The monoisotopic (exact) mass is 421 g/mol. The predicted molar refractivity (Wildman–Crippen MR) is 104 cm³/mol. The molecule has 1 aliphatic heterocycles. The molecular weight excluding hydrogens is 402 g/mol. The van der Waals surface area contributed by atoms with E-state index >= 15 is 0 Å². The fourth-order valence-electron chi connectivity index (χ4n) is 3.42. The summed E-state index contributed by atoms with van der Waals surface area (Å²) in [5, 5.41) is 4.42. The van der Waals surface area contributed by atoms with E-state index in [-0.39, 0.29) is 17.4 Å². The van der Waals surface area contributed by atoms with Gasteiger partial charge in [-0.15, -0.1) is 0 Å². The summed E-state index contributed by atoms with van der Waals surface area (Å²) in [6, 6.07) is 8.53. The van der Waals surface area contributed by atoms with Crippen molar-refractivity contribution in [1.29, 1.82) is 0 Å². The van der Waals surface area contributed by atoms with Crippen molar-refractivity contribution in [2.24, 2.45) is 0 Å². The molecule has 0 bridgehead atoms. The lowest BCUT2D eigenvalue weighted by molar-refractivity contribution is 0.265. The van der Waals surface area contributed by atoms with Crippen molar-refractivity contribution >= 4 is 21.6 Å². The number of sulfonamides is 1. The molecule has 1 unspecified atom stereocenters. The fourth-order valence-corrected chi connectivity index (χ4v) is 5.43. The first-order valence-electron chi connectivity index (χ1n) is 9.02. The van der Waals surface area contributed by atoms with Gasteiger partial charge in [0, 0.05) is 18.1 Å². The fraction of sp³-hybridized carbons (Fsp3) is 0.368. The number of hydrogen-bond donors (Lipinski definition) is 0. The second-order valence-electron chi connectivity index (χ2n) is 6.93. The van der Waals surface area contributed by atoms with Gasteiger partial charge in [0.1, 0.15) is 5.76 Å². The maximum absolute atomic E-state index is 13.2. The molecule has 4 rings (SSSR count). The first-order valence-corrected chi connectivity index (χ1v) is 10.8. The van der Waals surface area contributed by atoms with E-state index in [0.29, 0.717) is 41.0 Å². The summed E-state index contributed by atoms with van der Waals surface area (Å²) in [5.41, 5.74) is 0.555. The maximum atomic E-state index is 13.2. The van der Waals surface area contributed by atoms with Crippen LogP contribution in [0, 0.1) is 13.8 Å². The Labute approximate surface area is 168 Å². The average Bonchev–Trinajstić information content (AvgIpc) is 3.33. The Morgan fingerprint density at radius 2 is 2.04 bits per heavy atom. The van der Waals surface area contributed by atoms with E-state index in [4.69, 9.17) is 20.5 Å². The van der Waals surface area contributed by atoms with Crippen LogP contribution in [-0.2, 0) is 10.0 Å². The average molecular weight is 422 g/mol. The van der Waals surface area contributed by atoms with Gasteiger partial charge >= 0.3 is 0 Å². The number of nitrogens with zero attached hydrogens (tertiary/aromatic N) is 3. The van der Waals surface area contributed by atoms with Crippen LogP contribution in [0.3, 0.4) is 0 Å². The number of hydrogen-bond acceptors (Lipinski definition) is 6. The second kappa shape index (κ2) is 7.35. The number of rotatable bonds is 4. The molecule has 7 nitrogen and oxygen atoms in total. The Balaban J connectivity index is 1.58. The molecule has 2 aromatic heterocycles. The molecule has 0 radical (unpaired) electrons. The number of furan rings is 1. The van der Waals surface area contributed by atoms with Crippen molar-refractivity contribution in [3.8, 4) is 11.6 Å². The minimum absolute atomic E-state index is 0.166. The van der Waals surface area contributed by atoms with E-state index in [1.54, 1.807) is 31.2 Å². The largest absolute Gasteiger partial charge is 0.458 e. The Morgan fingerprint density at radius 3 is 2.79 bits per heavy atom. The van der Waals surface area contributed by atoms with Crippen molar-refractivity contribution in [1.82, 2.24) is 14.4 Å². The highest BCUT2D eigenvalue weighted by Gasteiger charge is 2.34. The zero-order valence-electron chi connectivity index (χ0n) is 15.6. The topological polar surface area (TPSA) is 89.4 Å². The van der Waals surface area contributed by atoms with Crippen LogP contribution in [0.1, 0.15) is 36.0 Å². The van der Waals surface area contributed by atoms with Crippen LogP contribution in [0.25, 0.3) is 11.6 Å². The molecule has 1 aliphatic rings. The standard InChI is InChI=1S/C19H20ClN3O4S/c1-12-8-9-16(26-12)18-21-19(27-22-18)14-5-4-10-23(11-14)28(24,25)17-7-3-6-15(20)13(17)2/h3,6-9,14H,4-5,10-11H2,1-2H3. The third-order valence-electron chi connectivity index (χ3n) is 4.97. The van der Waals surface area contributed by atoms with E-state index in [2.05, 4.69) is 10.1 Å². The van der Waals surface area contributed by atoms with E-state index in [9.17, 15) is 8.42 Å². The third kappa shape index (κ3) is 3.47. The van der Waals surface area contributed by atoms with Crippen molar-refractivity contribution < 1.29 is 17.4 Å². The molecule has 0 aliphatic carbocycles. The Bertz CT molecular complexity index is 1110. The van der Waals surface area contributed by atoms with Gasteiger partial charge in [0.15, 0.2) is 5.76 Å². The molecule has 3 heterocycles. The Morgan fingerprint density at radius 1 is 1.21 bits per heavy atom. The SMILES string of the molecule is Cc1ccc(-c2noc(C3CCCN(S(=O)(=O)c4cccc(Cl)c4C)C3)n2)o1. The van der Waals surface area contributed by atoms with Gasteiger partial charge < -0.3 is 8.94 Å². The molecule has 1 atom stereocenters. The predicted octanol–water partition coefficient (Wildman–Crippen LogP) is 4.17. The first kappa shape index (κ1) is 19.2. The number of benzene rings is 1. The molecule has 0 amide bonds. The van der Waals surface area contributed by atoms with Gasteiger partial charge in [-0.25, -0.2) is 8.42 Å². The van der Waals surface area contributed by atoms with Gasteiger partial charge in [-0.2, -0.15) is 9.29 Å². The van der Waals surface area contributed by atoms with Crippen LogP contribution in [0.4, 0.5) is 0 Å². The molecule has 3 aromatic rings. The van der Waals surface area contributed by atoms with Crippen molar-refractivity contribution in [3.05, 3.63) is 52.6 Å². The summed E-state index contributed by atoms with van der Waals surface area (Å²) in [5.74, 6) is 1.91. The van der Waals surface area contributed by atoms with Gasteiger partial charge in [0.25, 0.3) is 0 Å². The summed E-state index contributed by atoms with van der Waals surface area (Å²) in [6.07, 6.45) is 1.49. The number of piperidine rings is 1. The van der Waals surface area contributed by atoms with Crippen LogP contribution in [0.15, 0.2) is 44.2 Å².